The van der Waals surface area contributed by atoms with Gasteiger partial charge in [-0.15, -0.1) is 0 Å². The zero-order valence-corrected chi connectivity index (χ0v) is 15.2. The summed E-state index contributed by atoms with van der Waals surface area (Å²) in [5, 5.41) is 3.09. The summed E-state index contributed by atoms with van der Waals surface area (Å²) >= 11 is 0. The Morgan fingerprint density at radius 3 is 2.80 bits per heavy atom. The Labute approximate surface area is 149 Å². The maximum atomic E-state index is 12.6. The third kappa shape index (κ3) is 4.10. The molecule has 0 saturated heterocycles. The van der Waals surface area contributed by atoms with Crippen molar-refractivity contribution in [2.75, 3.05) is 25.0 Å². The summed E-state index contributed by atoms with van der Waals surface area (Å²) in [7, 11) is 0. The molecule has 3 rings (SSSR count). The second-order valence-corrected chi connectivity index (χ2v) is 6.57. The fraction of sp³-hybridized carbons (Fsp3) is 0.500. The number of aromatic nitrogens is 2. The molecule has 0 fully saturated rings. The van der Waals surface area contributed by atoms with E-state index in [-0.39, 0.29) is 11.8 Å². The SMILES string of the molecule is CCN(CC)CCn1c(NC(=O)C2CC=CCC2)nc2ccccc21. The fourth-order valence-corrected chi connectivity index (χ4v) is 3.42. The van der Waals surface area contributed by atoms with Gasteiger partial charge in [-0.2, -0.15) is 0 Å². The molecule has 5 nitrogen and oxygen atoms in total. The number of benzene rings is 1. The van der Waals surface area contributed by atoms with Crippen LogP contribution in [0.5, 0.6) is 0 Å². The van der Waals surface area contributed by atoms with Crippen LogP contribution in [0.3, 0.4) is 0 Å². The first-order valence-corrected chi connectivity index (χ1v) is 9.36. The van der Waals surface area contributed by atoms with Crippen LogP contribution in [0.15, 0.2) is 36.4 Å². The van der Waals surface area contributed by atoms with Crippen LogP contribution in [0.1, 0.15) is 33.1 Å². The molecule has 1 aliphatic rings. The lowest BCUT2D eigenvalue weighted by Crippen LogP contribution is -2.29. The number of carbonyl (C=O) groups is 1. The smallest absolute Gasteiger partial charge is 0.230 e. The monoisotopic (exact) mass is 340 g/mol. The largest absolute Gasteiger partial charge is 0.309 e. The Morgan fingerprint density at radius 2 is 2.08 bits per heavy atom. The highest BCUT2D eigenvalue weighted by molar-refractivity contribution is 5.93. The number of hydrogen-bond acceptors (Lipinski definition) is 3. The number of imidazole rings is 1. The van der Waals surface area contributed by atoms with Gasteiger partial charge in [0.15, 0.2) is 0 Å². The minimum absolute atomic E-state index is 0.0565. The molecule has 5 heteroatoms. The topological polar surface area (TPSA) is 50.2 Å². The van der Waals surface area contributed by atoms with E-state index in [0.29, 0.717) is 5.95 Å². The van der Waals surface area contributed by atoms with Crippen molar-refractivity contribution in [3.05, 3.63) is 36.4 Å². The second kappa shape index (κ2) is 8.30. The van der Waals surface area contributed by atoms with Gasteiger partial charge in [0.2, 0.25) is 11.9 Å². The van der Waals surface area contributed by atoms with Crippen molar-refractivity contribution in [2.24, 2.45) is 5.92 Å². The lowest BCUT2D eigenvalue weighted by atomic mass is 9.94. The molecule has 1 atom stereocenters. The van der Waals surface area contributed by atoms with Crippen molar-refractivity contribution < 1.29 is 4.79 Å². The van der Waals surface area contributed by atoms with E-state index in [2.05, 4.69) is 51.8 Å². The van der Waals surface area contributed by atoms with Crippen LogP contribution in [0.25, 0.3) is 11.0 Å². The van der Waals surface area contributed by atoms with Gasteiger partial charge in [-0.3, -0.25) is 10.1 Å². The number of anilines is 1. The third-order valence-corrected chi connectivity index (χ3v) is 5.06. The average molecular weight is 340 g/mol. The van der Waals surface area contributed by atoms with Crippen molar-refractivity contribution >= 4 is 22.9 Å². The van der Waals surface area contributed by atoms with E-state index in [1.165, 1.54) is 0 Å². The number of hydrogen-bond donors (Lipinski definition) is 1. The van der Waals surface area contributed by atoms with Gasteiger partial charge in [0.25, 0.3) is 0 Å². The second-order valence-electron chi connectivity index (χ2n) is 6.57. The lowest BCUT2D eigenvalue weighted by molar-refractivity contribution is -0.120. The van der Waals surface area contributed by atoms with Gasteiger partial charge in [-0.25, -0.2) is 4.98 Å². The number of amides is 1. The Hall–Kier alpha value is -2.14. The van der Waals surface area contributed by atoms with E-state index in [0.717, 1.165) is 56.5 Å². The van der Waals surface area contributed by atoms with Crippen LogP contribution in [0.2, 0.25) is 0 Å². The van der Waals surface area contributed by atoms with Crippen molar-refractivity contribution in [1.82, 2.24) is 14.5 Å². The molecular formula is C20H28N4O. The summed E-state index contributed by atoms with van der Waals surface area (Å²) in [4.78, 5) is 19.7. The van der Waals surface area contributed by atoms with Crippen molar-refractivity contribution in [3.63, 3.8) is 0 Å². The van der Waals surface area contributed by atoms with Gasteiger partial charge in [-0.05, 0) is 44.5 Å². The molecular weight excluding hydrogens is 312 g/mol. The number of nitrogens with one attached hydrogen (secondary N) is 1. The van der Waals surface area contributed by atoms with Crippen LogP contribution < -0.4 is 5.32 Å². The molecule has 2 aromatic rings. The summed E-state index contributed by atoms with van der Waals surface area (Å²) in [5.41, 5.74) is 2.01. The Bertz CT molecular complexity index is 745. The molecule has 1 N–H and O–H groups in total. The number of carbonyl (C=O) groups excluding carboxylic acids is 1. The van der Waals surface area contributed by atoms with E-state index in [1.54, 1.807) is 0 Å². The van der Waals surface area contributed by atoms with E-state index >= 15 is 0 Å². The number of para-hydroxylation sites is 2. The van der Waals surface area contributed by atoms with Crippen LogP contribution in [-0.4, -0.2) is 40.0 Å². The number of fused-ring (bicyclic) bond motifs is 1. The summed E-state index contributed by atoms with van der Waals surface area (Å²) in [6.07, 6.45) is 6.99. The van der Waals surface area contributed by atoms with Crippen molar-refractivity contribution in [3.8, 4) is 0 Å². The zero-order chi connectivity index (χ0) is 17.6. The van der Waals surface area contributed by atoms with Crippen molar-refractivity contribution in [2.45, 2.75) is 39.7 Å². The summed E-state index contributed by atoms with van der Waals surface area (Å²) < 4.78 is 2.14. The molecule has 0 bridgehead atoms. The molecule has 0 spiro atoms. The molecule has 0 saturated carbocycles. The van der Waals surface area contributed by atoms with Gasteiger partial charge >= 0.3 is 0 Å². The highest BCUT2D eigenvalue weighted by atomic mass is 16.2. The molecule has 1 amide bonds. The molecule has 0 aliphatic heterocycles. The highest BCUT2D eigenvalue weighted by Crippen LogP contribution is 2.23. The minimum atomic E-state index is 0.0565. The summed E-state index contributed by atoms with van der Waals surface area (Å²) in [6, 6.07) is 8.09. The van der Waals surface area contributed by atoms with Gasteiger partial charge in [-0.1, -0.05) is 38.1 Å². The molecule has 1 aliphatic carbocycles. The molecule has 134 valence electrons. The normalized spacial score (nSPS) is 17.3. The maximum Gasteiger partial charge on any atom is 0.230 e. The van der Waals surface area contributed by atoms with E-state index in [9.17, 15) is 4.79 Å². The van der Waals surface area contributed by atoms with Crippen LogP contribution in [-0.2, 0) is 11.3 Å². The van der Waals surface area contributed by atoms with E-state index in [1.807, 2.05) is 18.2 Å². The quantitative estimate of drug-likeness (QED) is 0.782. The molecule has 1 unspecified atom stereocenters. The first-order chi connectivity index (χ1) is 12.2. The van der Waals surface area contributed by atoms with Crippen molar-refractivity contribution in [1.29, 1.82) is 0 Å². The molecule has 0 radical (unpaired) electrons. The Balaban J connectivity index is 1.82. The van der Waals surface area contributed by atoms with Gasteiger partial charge in [0.1, 0.15) is 0 Å². The fourth-order valence-electron chi connectivity index (χ4n) is 3.42. The van der Waals surface area contributed by atoms with E-state index in [4.69, 9.17) is 0 Å². The molecule has 1 aromatic carbocycles. The molecule has 25 heavy (non-hydrogen) atoms. The number of likely N-dealkylation sites (N-methyl/N-ethyl adjacent to an activating group) is 1. The first kappa shape index (κ1) is 17.7. The molecule has 1 aromatic heterocycles. The van der Waals surface area contributed by atoms with Crippen LogP contribution >= 0.6 is 0 Å². The number of rotatable bonds is 7. The predicted octanol–water partition coefficient (Wildman–Crippen LogP) is 3.67. The summed E-state index contributed by atoms with van der Waals surface area (Å²) in [5.74, 6) is 0.817. The minimum Gasteiger partial charge on any atom is -0.309 e. The standard InChI is InChI=1S/C20H28N4O/c1-3-23(4-2)14-15-24-18-13-9-8-12-17(18)21-20(24)22-19(25)16-10-6-5-7-11-16/h5-6,8-9,12-13,16H,3-4,7,10-11,14-15H2,1-2H3,(H,21,22,25). The predicted molar refractivity (Wildman–Crippen MR) is 103 cm³/mol. The lowest BCUT2D eigenvalue weighted by Gasteiger charge is -2.20. The van der Waals surface area contributed by atoms with Gasteiger partial charge in [0, 0.05) is 19.0 Å². The number of allylic oxidation sites excluding steroid dienone is 2. The summed E-state index contributed by atoms with van der Waals surface area (Å²) in [6.45, 7) is 8.17. The maximum absolute atomic E-state index is 12.6. The van der Waals surface area contributed by atoms with Crippen LogP contribution in [0, 0.1) is 5.92 Å². The Morgan fingerprint density at radius 1 is 1.28 bits per heavy atom. The average Bonchev–Trinajstić information content (AvgIpc) is 3.00. The molecule has 1 heterocycles. The number of nitrogens with zero attached hydrogens (tertiary/aromatic N) is 3. The van der Waals surface area contributed by atoms with Gasteiger partial charge in [0.05, 0.1) is 11.0 Å². The third-order valence-electron chi connectivity index (χ3n) is 5.06. The van der Waals surface area contributed by atoms with Crippen LogP contribution in [0.4, 0.5) is 5.95 Å². The first-order valence-electron chi connectivity index (χ1n) is 9.36. The van der Waals surface area contributed by atoms with Gasteiger partial charge < -0.3 is 9.47 Å². The zero-order valence-electron chi connectivity index (χ0n) is 15.2. The highest BCUT2D eigenvalue weighted by Gasteiger charge is 2.21. The van der Waals surface area contributed by atoms with E-state index < -0.39 is 0 Å². The Kier molecular flexibility index (Phi) is 5.87.